The number of ether oxygens (including phenoxy) is 2. The average molecular weight is 354 g/mol. The van der Waals surface area contributed by atoms with E-state index in [4.69, 9.17) is 15.2 Å². The van der Waals surface area contributed by atoms with Crippen molar-refractivity contribution in [2.75, 3.05) is 0 Å². The molecule has 0 fully saturated rings. The molecule has 1 unspecified atom stereocenters. The maximum Gasteiger partial charge on any atom is 0.201 e. The smallest absolute Gasteiger partial charge is 0.201 e. The van der Waals surface area contributed by atoms with Gasteiger partial charge in [0, 0.05) is 11.6 Å². The van der Waals surface area contributed by atoms with Crippen LogP contribution in [-0.2, 0) is 0 Å². The fourth-order valence-corrected chi connectivity index (χ4v) is 3.15. The molecule has 0 saturated heterocycles. The largest absolute Gasteiger partial charge is 0.491 e. The fourth-order valence-electron chi connectivity index (χ4n) is 2.37. The Morgan fingerprint density at radius 1 is 1.00 bits per heavy atom. The Labute approximate surface area is 152 Å². The molecule has 25 heavy (non-hydrogen) atoms. The minimum atomic E-state index is 0.0180. The first-order valence-corrected chi connectivity index (χ1v) is 9.09. The minimum Gasteiger partial charge on any atom is -0.491 e. The Bertz CT molecular complexity index is 826. The van der Waals surface area contributed by atoms with Crippen LogP contribution in [-0.4, -0.2) is 11.1 Å². The highest BCUT2D eigenvalue weighted by Gasteiger charge is 2.09. The molecule has 0 radical (unpaired) electrons. The first kappa shape index (κ1) is 17.5. The molecule has 2 N–H and O–H groups in total. The number of nitrogens with zero attached hydrogens (tertiary/aromatic N) is 1. The molecule has 0 amide bonds. The van der Waals surface area contributed by atoms with Crippen LogP contribution in [0.4, 0.5) is 0 Å². The van der Waals surface area contributed by atoms with Crippen molar-refractivity contribution in [3.8, 4) is 27.1 Å². The molecule has 3 rings (SSSR count). The summed E-state index contributed by atoms with van der Waals surface area (Å²) >= 11 is 1.51. The van der Waals surface area contributed by atoms with Gasteiger partial charge < -0.3 is 15.2 Å². The van der Waals surface area contributed by atoms with Crippen LogP contribution < -0.4 is 15.2 Å². The number of aromatic nitrogens is 1. The molecule has 0 spiro atoms. The van der Waals surface area contributed by atoms with Crippen molar-refractivity contribution in [1.29, 1.82) is 0 Å². The number of benzene rings is 2. The van der Waals surface area contributed by atoms with E-state index in [1.165, 1.54) is 11.3 Å². The number of rotatable bonds is 6. The fraction of sp³-hybridized carbons (Fsp3) is 0.250. The summed E-state index contributed by atoms with van der Waals surface area (Å²) in [7, 11) is 0. The van der Waals surface area contributed by atoms with Crippen LogP contribution in [0.2, 0.25) is 0 Å². The molecule has 0 aliphatic carbocycles. The van der Waals surface area contributed by atoms with E-state index >= 15 is 0 Å². The molecule has 1 aromatic heterocycles. The first-order valence-electron chi connectivity index (χ1n) is 8.27. The van der Waals surface area contributed by atoms with Gasteiger partial charge in [-0.15, -0.1) is 0 Å². The molecular weight excluding hydrogens is 332 g/mol. The van der Waals surface area contributed by atoms with E-state index in [9.17, 15) is 0 Å². The maximum atomic E-state index is 5.89. The zero-order chi connectivity index (χ0) is 17.8. The Morgan fingerprint density at radius 3 is 2.44 bits per heavy atom. The van der Waals surface area contributed by atoms with Gasteiger partial charge in [0.25, 0.3) is 0 Å². The van der Waals surface area contributed by atoms with Crippen molar-refractivity contribution in [3.05, 3.63) is 60.3 Å². The van der Waals surface area contributed by atoms with E-state index in [-0.39, 0.29) is 12.1 Å². The topological polar surface area (TPSA) is 57.4 Å². The van der Waals surface area contributed by atoms with Crippen molar-refractivity contribution in [2.45, 2.75) is 32.9 Å². The van der Waals surface area contributed by atoms with Gasteiger partial charge in [-0.05, 0) is 50.6 Å². The molecule has 4 nitrogen and oxygen atoms in total. The van der Waals surface area contributed by atoms with Gasteiger partial charge in [0.05, 0.1) is 12.3 Å². The van der Waals surface area contributed by atoms with Crippen LogP contribution in [0.25, 0.3) is 10.6 Å². The lowest BCUT2D eigenvalue weighted by molar-refractivity contribution is 0.242. The quantitative estimate of drug-likeness (QED) is 0.643. The van der Waals surface area contributed by atoms with Crippen molar-refractivity contribution in [2.24, 2.45) is 5.73 Å². The average Bonchev–Trinajstić information content (AvgIpc) is 3.03. The number of thiazole rings is 1. The third-order valence-corrected chi connectivity index (χ3v) is 4.49. The first-order chi connectivity index (χ1) is 12.0. The normalized spacial score (nSPS) is 12.2. The van der Waals surface area contributed by atoms with Crippen LogP contribution in [0.1, 0.15) is 32.4 Å². The van der Waals surface area contributed by atoms with Crippen LogP contribution in [0, 0.1) is 0 Å². The summed E-state index contributed by atoms with van der Waals surface area (Å²) in [5.74, 6) is 1.62. The van der Waals surface area contributed by atoms with Crippen LogP contribution in [0.5, 0.6) is 16.6 Å². The van der Waals surface area contributed by atoms with Crippen molar-refractivity contribution < 1.29 is 9.47 Å². The lowest BCUT2D eigenvalue weighted by Gasteiger charge is -2.10. The molecule has 0 aliphatic rings. The second-order valence-electron chi connectivity index (χ2n) is 6.14. The number of nitrogens with two attached hydrogens (primary N) is 1. The molecule has 1 atom stereocenters. The van der Waals surface area contributed by atoms with E-state index in [1.54, 1.807) is 6.20 Å². The maximum absolute atomic E-state index is 5.89. The second-order valence-corrected chi connectivity index (χ2v) is 7.13. The molecule has 3 aromatic rings. The van der Waals surface area contributed by atoms with Gasteiger partial charge in [0.15, 0.2) is 0 Å². The monoisotopic (exact) mass is 354 g/mol. The summed E-state index contributed by atoms with van der Waals surface area (Å²) in [6, 6.07) is 15.8. The summed E-state index contributed by atoms with van der Waals surface area (Å²) in [6.07, 6.45) is 1.89. The van der Waals surface area contributed by atoms with Gasteiger partial charge in [0.2, 0.25) is 5.06 Å². The summed E-state index contributed by atoms with van der Waals surface area (Å²) in [5, 5.41) is 1.65. The van der Waals surface area contributed by atoms with E-state index in [1.807, 2.05) is 69.3 Å². The predicted molar refractivity (Wildman–Crippen MR) is 102 cm³/mol. The Kier molecular flexibility index (Phi) is 5.36. The molecule has 130 valence electrons. The molecule has 0 bridgehead atoms. The third-order valence-electron chi connectivity index (χ3n) is 3.56. The zero-order valence-corrected chi connectivity index (χ0v) is 15.4. The van der Waals surface area contributed by atoms with Gasteiger partial charge in [-0.3, -0.25) is 0 Å². The zero-order valence-electron chi connectivity index (χ0n) is 14.6. The van der Waals surface area contributed by atoms with Crippen LogP contribution in [0.3, 0.4) is 0 Å². The highest BCUT2D eigenvalue weighted by atomic mass is 32.1. The van der Waals surface area contributed by atoms with Crippen LogP contribution in [0.15, 0.2) is 54.7 Å². The van der Waals surface area contributed by atoms with Crippen molar-refractivity contribution >= 4 is 11.3 Å². The molecular formula is C20H22N2O2S. The standard InChI is InChI=1S/C20H22N2O2S/c1-13(2)23-18-6-4-5-16(11-18)20-22-12-19(25-20)24-17-9-7-15(8-10-17)14(3)21/h4-14H,21H2,1-3H3. The lowest BCUT2D eigenvalue weighted by atomic mass is 10.1. The van der Waals surface area contributed by atoms with Gasteiger partial charge in [-0.25, -0.2) is 4.98 Å². The number of hydrogen-bond donors (Lipinski definition) is 1. The lowest BCUT2D eigenvalue weighted by Crippen LogP contribution is -2.05. The van der Waals surface area contributed by atoms with Gasteiger partial charge >= 0.3 is 0 Å². The Hall–Kier alpha value is -2.37. The Morgan fingerprint density at radius 2 is 1.76 bits per heavy atom. The van der Waals surface area contributed by atoms with Crippen LogP contribution >= 0.6 is 11.3 Å². The van der Waals surface area contributed by atoms with E-state index in [0.717, 1.165) is 32.7 Å². The molecule has 0 aliphatic heterocycles. The van der Waals surface area contributed by atoms with E-state index < -0.39 is 0 Å². The Balaban J connectivity index is 1.74. The number of hydrogen-bond acceptors (Lipinski definition) is 5. The second kappa shape index (κ2) is 7.68. The highest BCUT2D eigenvalue weighted by molar-refractivity contribution is 7.16. The predicted octanol–water partition coefficient (Wildman–Crippen LogP) is 5.41. The van der Waals surface area contributed by atoms with Crippen molar-refractivity contribution in [3.63, 3.8) is 0 Å². The summed E-state index contributed by atoms with van der Waals surface area (Å²) in [6.45, 7) is 5.99. The summed E-state index contributed by atoms with van der Waals surface area (Å²) in [4.78, 5) is 4.47. The summed E-state index contributed by atoms with van der Waals surface area (Å²) < 4.78 is 11.6. The SMILES string of the molecule is CC(C)Oc1cccc(-c2ncc(Oc3ccc(C(C)N)cc3)s2)c1. The van der Waals surface area contributed by atoms with Crippen molar-refractivity contribution in [1.82, 2.24) is 4.98 Å². The third kappa shape index (κ3) is 4.59. The molecule has 5 heteroatoms. The van der Waals surface area contributed by atoms with E-state index in [2.05, 4.69) is 4.98 Å². The van der Waals surface area contributed by atoms with Gasteiger partial charge in [0.1, 0.15) is 16.5 Å². The highest BCUT2D eigenvalue weighted by Crippen LogP contribution is 2.34. The van der Waals surface area contributed by atoms with Gasteiger partial charge in [-0.2, -0.15) is 0 Å². The van der Waals surface area contributed by atoms with E-state index in [0.29, 0.717) is 0 Å². The molecule has 1 heterocycles. The van der Waals surface area contributed by atoms with Gasteiger partial charge in [-0.1, -0.05) is 35.6 Å². The molecule has 0 saturated carbocycles. The minimum absolute atomic E-state index is 0.0180. The summed E-state index contributed by atoms with van der Waals surface area (Å²) in [5.41, 5.74) is 7.97. The molecule has 2 aromatic carbocycles.